The van der Waals surface area contributed by atoms with E-state index in [9.17, 15) is 4.79 Å². The lowest BCUT2D eigenvalue weighted by Gasteiger charge is -2.09. The normalized spacial score (nSPS) is 9.72. The molecule has 0 amide bonds. The Labute approximate surface area is 107 Å². The molecule has 0 spiro atoms. The molecule has 0 heterocycles. The standard InChI is InChI=1S/C14H18O4/c1-10(2)11(3)8-17-12-4-6-13(7-5-12)18-9-14(15)16/h4-7H,8-9H2,1-3H3,(H,15,16). The summed E-state index contributed by atoms with van der Waals surface area (Å²) >= 11 is 0. The molecule has 4 nitrogen and oxygen atoms in total. The van der Waals surface area contributed by atoms with E-state index in [1.165, 1.54) is 11.1 Å². The van der Waals surface area contributed by atoms with Gasteiger partial charge in [-0.15, -0.1) is 0 Å². The molecule has 0 fully saturated rings. The minimum Gasteiger partial charge on any atom is -0.489 e. The molecule has 0 aliphatic heterocycles. The summed E-state index contributed by atoms with van der Waals surface area (Å²) in [5.41, 5.74) is 2.44. The fourth-order valence-corrected chi connectivity index (χ4v) is 1.11. The summed E-state index contributed by atoms with van der Waals surface area (Å²) in [6, 6.07) is 6.90. The molecule has 4 heteroatoms. The van der Waals surface area contributed by atoms with Crippen LogP contribution in [0.5, 0.6) is 11.5 Å². The van der Waals surface area contributed by atoms with E-state index < -0.39 is 5.97 Å². The molecule has 0 unspecified atom stereocenters. The first-order chi connectivity index (χ1) is 8.49. The van der Waals surface area contributed by atoms with Crippen molar-refractivity contribution in [2.75, 3.05) is 13.2 Å². The number of carbonyl (C=O) groups is 1. The summed E-state index contributed by atoms with van der Waals surface area (Å²) in [5.74, 6) is 0.261. The van der Waals surface area contributed by atoms with Gasteiger partial charge in [0.25, 0.3) is 0 Å². The van der Waals surface area contributed by atoms with Gasteiger partial charge in [0, 0.05) is 0 Å². The molecular formula is C14H18O4. The second-order valence-electron chi connectivity index (χ2n) is 4.22. The first-order valence-corrected chi connectivity index (χ1v) is 5.69. The van der Waals surface area contributed by atoms with Crippen molar-refractivity contribution in [3.8, 4) is 11.5 Å². The van der Waals surface area contributed by atoms with E-state index in [0.29, 0.717) is 12.4 Å². The Morgan fingerprint density at radius 3 is 1.83 bits per heavy atom. The Hall–Kier alpha value is -1.97. The fraction of sp³-hybridized carbons (Fsp3) is 0.357. The van der Waals surface area contributed by atoms with Gasteiger partial charge in [-0.3, -0.25) is 0 Å². The van der Waals surface area contributed by atoms with Crippen molar-refractivity contribution >= 4 is 5.97 Å². The minimum atomic E-state index is -0.991. The van der Waals surface area contributed by atoms with Crippen LogP contribution in [0.15, 0.2) is 35.4 Å². The number of benzene rings is 1. The maximum atomic E-state index is 10.3. The highest BCUT2D eigenvalue weighted by atomic mass is 16.5. The summed E-state index contributed by atoms with van der Waals surface area (Å²) in [7, 11) is 0. The van der Waals surface area contributed by atoms with Crippen LogP contribution in [0.25, 0.3) is 0 Å². The number of ether oxygens (including phenoxy) is 2. The first kappa shape index (κ1) is 14.1. The number of aliphatic carboxylic acids is 1. The lowest BCUT2D eigenvalue weighted by Crippen LogP contribution is -2.09. The molecule has 98 valence electrons. The number of rotatable bonds is 6. The number of allylic oxidation sites excluding steroid dienone is 1. The number of carboxylic acid groups (broad SMARTS) is 1. The molecular weight excluding hydrogens is 232 g/mol. The Morgan fingerprint density at radius 1 is 1.00 bits per heavy atom. The van der Waals surface area contributed by atoms with Crippen LogP contribution in [0.4, 0.5) is 0 Å². The van der Waals surface area contributed by atoms with E-state index in [-0.39, 0.29) is 6.61 Å². The van der Waals surface area contributed by atoms with Crippen molar-refractivity contribution in [3.05, 3.63) is 35.4 Å². The van der Waals surface area contributed by atoms with E-state index in [2.05, 4.69) is 0 Å². The molecule has 0 aromatic heterocycles. The third-order valence-electron chi connectivity index (χ3n) is 2.49. The topological polar surface area (TPSA) is 55.8 Å². The van der Waals surface area contributed by atoms with Gasteiger partial charge in [0.1, 0.15) is 18.1 Å². The quantitative estimate of drug-likeness (QED) is 0.789. The highest BCUT2D eigenvalue weighted by molar-refractivity contribution is 5.68. The number of carboxylic acids is 1. The van der Waals surface area contributed by atoms with Crippen molar-refractivity contribution in [3.63, 3.8) is 0 Å². The molecule has 0 radical (unpaired) electrons. The molecule has 1 N–H and O–H groups in total. The van der Waals surface area contributed by atoms with Crippen LogP contribution < -0.4 is 9.47 Å². The van der Waals surface area contributed by atoms with Crippen LogP contribution in [0.3, 0.4) is 0 Å². The van der Waals surface area contributed by atoms with Crippen molar-refractivity contribution < 1.29 is 19.4 Å². The minimum absolute atomic E-state index is 0.336. The second kappa shape index (κ2) is 6.69. The molecule has 0 saturated carbocycles. The van der Waals surface area contributed by atoms with Gasteiger partial charge in [-0.2, -0.15) is 0 Å². The maximum Gasteiger partial charge on any atom is 0.341 e. The van der Waals surface area contributed by atoms with E-state index in [0.717, 1.165) is 5.75 Å². The van der Waals surface area contributed by atoms with Crippen LogP contribution in [-0.4, -0.2) is 24.3 Å². The maximum absolute atomic E-state index is 10.3. The lowest BCUT2D eigenvalue weighted by atomic mass is 10.2. The molecule has 0 aliphatic rings. The van der Waals surface area contributed by atoms with E-state index in [1.54, 1.807) is 24.3 Å². The largest absolute Gasteiger partial charge is 0.489 e. The van der Waals surface area contributed by atoms with Crippen LogP contribution >= 0.6 is 0 Å². The fourth-order valence-electron chi connectivity index (χ4n) is 1.11. The predicted octanol–water partition coefficient (Wildman–Crippen LogP) is 2.89. The summed E-state index contributed by atoms with van der Waals surface area (Å²) in [4.78, 5) is 10.3. The zero-order chi connectivity index (χ0) is 13.5. The average Bonchev–Trinajstić information content (AvgIpc) is 2.34. The second-order valence-corrected chi connectivity index (χ2v) is 4.22. The number of hydrogen-bond acceptors (Lipinski definition) is 3. The molecule has 0 aliphatic carbocycles. The monoisotopic (exact) mass is 250 g/mol. The third kappa shape index (κ3) is 4.91. The Kier molecular flexibility index (Phi) is 5.24. The van der Waals surface area contributed by atoms with Gasteiger partial charge in [-0.05, 0) is 50.6 Å². The van der Waals surface area contributed by atoms with Crippen molar-refractivity contribution in [2.45, 2.75) is 20.8 Å². The van der Waals surface area contributed by atoms with Crippen LogP contribution in [0, 0.1) is 0 Å². The van der Waals surface area contributed by atoms with Gasteiger partial charge < -0.3 is 14.6 Å². The summed E-state index contributed by atoms with van der Waals surface area (Å²) < 4.78 is 10.6. The summed E-state index contributed by atoms with van der Waals surface area (Å²) in [5, 5.41) is 8.47. The van der Waals surface area contributed by atoms with Crippen LogP contribution in [-0.2, 0) is 4.79 Å². The van der Waals surface area contributed by atoms with Crippen molar-refractivity contribution in [1.29, 1.82) is 0 Å². The molecule has 1 rings (SSSR count). The average molecular weight is 250 g/mol. The van der Waals surface area contributed by atoms with Gasteiger partial charge >= 0.3 is 5.97 Å². The summed E-state index contributed by atoms with van der Waals surface area (Å²) in [6.07, 6.45) is 0. The SMILES string of the molecule is CC(C)=C(C)COc1ccc(OCC(=O)O)cc1. The van der Waals surface area contributed by atoms with Gasteiger partial charge in [-0.1, -0.05) is 5.57 Å². The Balaban J connectivity index is 2.50. The molecule has 0 bridgehead atoms. The third-order valence-corrected chi connectivity index (χ3v) is 2.49. The molecule has 0 atom stereocenters. The first-order valence-electron chi connectivity index (χ1n) is 5.69. The molecule has 18 heavy (non-hydrogen) atoms. The Bertz CT molecular complexity index is 428. The van der Waals surface area contributed by atoms with Gasteiger partial charge in [0.2, 0.25) is 0 Å². The van der Waals surface area contributed by atoms with Crippen molar-refractivity contribution in [1.82, 2.24) is 0 Å². The van der Waals surface area contributed by atoms with Crippen molar-refractivity contribution in [2.24, 2.45) is 0 Å². The molecule has 0 saturated heterocycles. The summed E-state index contributed by atoms with van der Waals surface area (Å²) in [6.45, 7) is 6.33. The zero-order valence-electron chi connectivity index (χ0n) is 10.9. The predicted molar refractivity (Wildman–Crippen MR) is 69.1 cm³/mol. The van der Waals surface area contributed by atoms with Crippen LogP contribution in [0.1, 0.15) is 20.8 Å². The van der Waals surface area contributed by atoms with E-state index in [4.69, 9.17) is 14.6 Å². The number of hydrogen-bond donors (Lipinski definition) is 1. The lowest BCUT2D eigenvalue weighted by molar-refractivity contribution is -0.139. The van der Waals surface area contributed by atoms with Gasteiger partial charge in [0.15, 0.2) is 6.61 Å². The highest BCUT2D eigenvalue weighted by Gasteiger charge is 2.00. The van der Waals surface area contributed by atoms with E-state index >= 15 is 0 Å². The highest BCUT2D eigenvalue weighted by Crippen LogP contribution is 2.18. The van der Waals surface area contributed by atoms with E-state index in [1.807, 2.05) is 20.8 Å². The van der Waals surface area contributed by atoms with Gasteiger partial charge in [0.05, 0.1) is 0 Å². The smallest absolute Gasteiger partial charge is 0.341 e. The van der Waals surface area contributed by atoms with Crippen LogP contribution in [0.2, 0.25) is 0 Å². The van der Waals surface area contributed by atoms with Gasteiger partial charge in [-0.25, -0.2) is 4.79 Å². The zero-order valence-corrected chi connectivity index (χ0v) is 10.9. The molecule has 1 aromatic rings. The Morgan fingerprint density at radius 2 is 1.44 bits per heavy atom. The molecule has 1 aromatic carbocycles.